The second-order valence-electron chi connectivity index (χ2n) is 8.13. The number of urea groups is 1. The van der Waals surface area contributed by atoms with E-state index >= 15 is 0 Å². The molecule has 2 aliphatic heterocycles. The number of methoxy groups -OCH3 is 1. The largest absolute Gasteiger partial charge is 0.497 e. The number of hydrogen-bond donors (Lipinski definition) is 2. The van der Waals surface area contributed by atoms with Crippen molar-refractivity contribution in [3.63, 3.8) is 0 Å². The van der Waals surface area contributed by atoms with Gasteiger partial charge in [0.15, 0.2) is 0 Å². The summed E-state index contributed by atoms with van der Waals surface area (Å²) >= 11 is 0. The minimum Gasteiger partial charge on any atom is -0.497 e. The molecule has 0 unspecified atom stereocenters. The van der Waals surface area contributed by atoms with Gasteiger partial charge in [-0.3, -0.25) is 9.59 Å². The van der Waals surface area contributed by atoms with Crippen molar-refractivity contribution in [3.8, 4) is 5.75 Å². The smallest absolute Gasteiger partial charge is 0.321 e. The second kappa shape index (κ2) is 8.67. The van der Waals surface area contributed by atoms with Gasteiger partial charge in [0, 0.05) is 55.8 Å². The third-order valence-corrected chi connectivity index (χ3v) is 5.80. The molecule has 1 atom stereocenters. The fourth-order valence-corrected chi connectivity index (χ4v) is 4.24. The fourth-order valence-electron chi connectivity index (χ4n) is 4.24. The first-order valence-electron chi connectivity index (χ1n) is 10.3. The molecule has 4 amide bonds. The van der Waals surface area contributed by atoms with E-state index in [-0.39, 0.29) is 24.3 Å². The molecular formula is C23H26N4O4. The Hall–Kier alpha value is -3.55. The van der Waals surface area contributed by atoms with Crippen LogP contribution in [-0.2, 0) is 4.79 Å². The maximum Gasteiger partial charge on any atom is 0.321 e. The number of carbonyl (C=O) groups excluding carboxylic acids is 3. The summed E-state index contributed by atoms with van der Waals surface area (Å²) in [5.41, 5.74) is 0.709. The molecule has 2 N–H and O–H groups in total. The van der Waals surface area contributed by atoms with Gasteiger partial charge in [0.2, 0.25) is 5.91 Å². The Bertz CT molecular complexity index is 981. The average Bonchev–Trinajstić information content (AvgIpc) is 3.04. The van der Waals surface area contributed by atoms with Crippen molar-refractivity contribution >= 4 is 23.5 Å². The predicted octanol–water partition coefficient (Wildman–Crippen LogP) is 2.19. The van der Waals surface area contributed by atoms with E-state index in [1.54, 1.807) is 41.2 Å². The molecule has 0 radical (unpaired) electrons. The maximum absolute atomic E-state index is 13.3. The van der Waals surface area contributed by atoms with E-state index < -0.39 is 5.41 Å². The first kappa shape index (κ1) is 20.7. The number of hydrogen-bond acceptors (Lipinski definition) is 4. The molecule has 4 rings (SSSR count). The number of anilines is 1. The average molecular weight is 422 g/mol. The summed E-state index contributed by atoms with van der Waals surface area (Å²) in [7, 11) is 1.56. The summed E-state index contributed by atoms with van der Waals surface area (Å²) in [6.07, 6.45) is 0.282. The maximum atomic E-state index is 13.3. The van der Waals surface area contributed by atoms with Crippen molar-refractivity contribution < 1.29 is 19.1 Å². The number of para-hydroxylation sites is 1. The highest BCUT2D eigenvalue weighted by atomic mass is 16.5. The zero-order valence-electron chi connectivity index (χ0n) is 17.5. The van der Waals surface area contributed by atoms with E-state index in [1.165, 1.54) is 0 Å². The van der Waals surface area contributed by atoms with Crippen LogP contribution in [-0.4, -0.2) is 67.5 Å². The summed E-state index contributed by atoms with van der Waals surface area (Å²) < 4.78 is 5.24. The first-order chi connectivity index (χ1) is 15.0. The molecule has 2 aromatic carbocycles. The van der Waals surface area contributed by atoms with Crippen LogP contribution in [0.5, 0.6) is 5.75 Å². The number of ether oxygens (including phenoxy) is 1. The molecule has 2 aliphatic rings. The zero-order valence-corrected chi connectivity index (χ0v) is 17.5. The van der Waals surface area contributed by atoms with E-state index in [4.69, 9.17) is 4.74 Å². The molecule has 8 nitrogen and oxygen atoms in total. The van der Waals surface area contributed by atoms with Crippen LogP contribution >= 0.6 is 0 Å². The van der Waals surface area contributed by atoms with Crippen LogP contribution < -0.4 is 15.4 Å². The van der Waals surface area contributed by atoms with Crippen LogP contribution in [0.25, 0.3) is 0 Å². The SMILES string of the molecule is COc1cccc(C(=O)N2CCN(C(=O)Nc3ccccc3)C[C@]3(CNC(=O)C3)C2)c1. The summed E-state index contributed by atoms with van der Waals surface area (Å²) in [6.45, 7) is 1.99. The van der Waals surface area contributed by atoms with E-state index in [1.807, 2.05) is 30.3 Å². The highest BCUT2D eigenvalue weighted by molar-refractivity contribution is 5.95. The lowest BCUT2D eigenvalue weighted by Gasteiger charge is -2.32. The Morgan fingerprint density at radius 1 is 1.03 bits per heavy atom. The Labute approximate surface area is 181 Å². The quantitative estimate of drug-likeness (QED) is 0.793. The van der Waals surface area contributed by atoms with Crippen LogP contribution in [0, 0.1) is 5.41 Å². The number of nitrogens with zero attached hydrogens (tertiary/aromatic N) is 2. The minimum absolute atomic E-state index is 0.0564. The van der Waals surface area contributed by atoms with Gasteiger partial charge in [-0.05, 0) is 30.3 Å². The molecule has 0 bridgehead atoms. The molecule has 31 heavy (non-hydrogen) atoms. The van der Waals surface area contributed by atoms with Crippen LogP contribution in [0.4, 0.5) is 10.5 Å². The second-order valence-corrected chi connectivity index (χ2v) is 8.13. The molecule has 2 aromatic rings. The summed E-state index contributed by atoms with van der Waals surface area (Å²) in [5, 5.41) is 5.79. The van der Waals surface area contributed by atoms with E-state index in [0.29, 0.717) is 49.7 Å². The van der Waals surface area contributed by atoms with Crippen molar-refractivity contribution in [1.29, 1.82) is 0 Å². The molecule has 0 saturated carbocycles. The number of amides is 4. The van der Waals surface area contributed by atoms with Crippen LogP contribution in [0.1, 0.15) is 16.8 Å². The zero-order chi connectivity index (χ0) is 21.8. The third-order valence-electron chi connectivity index (χ3n) is 5.80. The summed E-state index contributed by atoms with van der Waals surface area (Å²) in [6, 6.07) is 16.0. The van der Waals surface area contributed by atoms with Crippen molar-refractivity contribution in [1.82, 2.24) is 15.1 Å². The predicted molar refractivity (Wildman–Crippen MR) is 116 cm³/mol. The van der Waals surface area contributed by atoms with Gasteiger partial charge >= 0.3 is 6.03 Å². The number of nitrogens with one attached hydrogen (secondary N) is 2. The van der Waals surface area contributed by atoms with Crippen molar-refractivity contribution in [3.05, 3.63) is 60.2 Å². The van der Waals surface area contributed by atoms with E-state index in [2.05, 4.69) is 10.6 Å². The summed E-state index contributed by atoms with van der Waals surface area (Å²) in [5.74, 6) is 0.416. The lowest BCUT2D eigenvalue weighted by atomic mass is 9.86. The summed E-state index contributed by atoms with van der Waals surface area (Å²) in [4.78, 5) is 41.7. The molecule has 8 heteroatoms. The first-order valence-corrected chi connectivity index (χ1v) is 10.3. The number of carbonyl (C=O) groups is 3. The molecule has 2 heterocycles. The van der Waals surface area contributed by atoms with Crippen LogP contribution in [0.2, 0.25) is 0 Å². The van der Waals surface area contributed by atoms with Crippen LogP contribution in [0.15, 0.2) is 54.6 Å². The number of benzene rings is 2. The Morgan fingerprint density at radius 2 is 1.77 bits per heavy atom. The fraction of sp³-hybridized carbons (Fsp3) is 0.348. The monoisotopic (exact) mass is 422 g/mol. The lowest BCUT2D eigenvalue weighted by molar-refractivity contribution is -0.119. The van der Waals surface area contributed by atoms with Gasteiger partial charge in [-0.25, -0.2) is 4.79 Å². The van der Waals surface area contributed by atoms with E-state index in [9.17, 15) is 14.4 Å². The normalized spacial score (nSPS) is 20.9. The van der Waals surface area contributed by atoms with E-state index in [0.717, 1.165) is 0 Å². The minimum atomic E-state index is -0.518. The van der Waals surface area contributed by atoms with Gasteiger partial charge in [0.25, 0.3) is 5.91 Å². The van der Waals surface area contributed by atoms with Gasteiger partial charge in [-0.1, -0.05) is 24.3 Å². The third kappa shape index (κ3) is 4.63. The van der Waals surface area contributed by atoms with Crippen LogP contribution in [0.3, 0.4) is 0 Å². The Morgan fingerprint density at radius 3 is 2.48 bits per heavy atom. The Balaban J connectivity index is 1.55. The molecule has 1 spiro atoms. The molecule has 2 saturated heterocycles. The molecule has 2 fully saturated rings. The molecule has 0 aromatic heterocycles. The highest BCUT2D eigenvalue weighted by Gasteiger charge is 2.45. The standard InChI is InChI=1S/C23H26N4O4/c1-31-19-9-5-6-17(12-19)21(29)26-10-11-27(16-23(15-26)13-20(28)24-14-23)22(30)25-18-7-3-2-4-8-18/h2-9,12H,10-11,13-16H2,1H3,(H,24,28)(H,25,30)/t23-/m1/s1. The van der Waals surface area contributed by atoms with Crippen molar-refractivity contribution in [2.75, 3.05) is 45.2 Å². The van der Waals surface area contributed by atoms with Gasteiger partial charge in [-0.2, -0.15) is 0 Å². The van der Waals surface area contributed by atoms with Crippen molar-refractivity contribution in [2.45, 2.75) is 6.42 Å². The number of rotatable bonds is 3. The van der Waals surface area contributed by atoms with Gasteiger partial charge in [0.1, 0.15) is 5.75 Å². The van der Waals surface area contributed by atoms with Crippen molar-refractivity contribution in [2.24, 2.45) is 5.41 Å². The Kier molecular flexibility index (Phi) is 5.79. The topological polar surface area (TPSA) is 91.0 Å². The molecular weight excluding hydrogens is 396 g/mol. The highest BCUT2D eigenvalue weighted by Crippen LogP contribution is 2.32. The lowest BCUT2D eigenvalue weighted by Crippen LogP contribution is -2.46. The molecule has 162 valence electrons. The van der Waals surface area contributed by atoms with Gasteiger partial charge in [-0.15, -0.1) is 0 Å². The molecule has 0 aliphatic carbocycles. The van der Waals surface area contributed by atoms with Gasteiger partial charge < -0.3 is 25.2 Å². The van der Waals surface area contributed by atoms with Gasteiger partial charge in [0.05, 0.1) is 7.11 Å².